The number of ether oxygens (including phenoxy) is 4. The number of nitrogens with zero attached hydrogens (tertiary/aromatic N) is 2. The lowest BCUT2D eigenvalue weighted by Crippen LogP contribution is -2.49. The molecule has 1 amide bonds. The normalized spacial score (nSPS) is 14.3. The smallest absolute Gasteiger partial charge is 0.260 e. The molecule has 0 aromatic heterocycles. The maximum absolute atomic E-state index is 12.6. The monoisotopic (exact) mass is 416 g/mol. The number of piperazine rings is 1. The van der Waals surface area contributed by atoms with Gasteiger partial charge in [0.25, 0.3) is 5.91 Å². The molecule has 1 aliphatic rings. The molecule has 0 radical (unpaired) electrons. The van der Waals surface area contributed by atoms with Gasteiger partial charge in [0.2, 0.25) is 5.75 Å². The summed E-state index contributed by atoms with van der Waals surface area (Å²) in [5.74, 6) is 2.10. The predicted molar refractivity (Wildman–Crippen MR) is 112 cm³/mol. The number of phenolic OH excluding ortho intramolecular Hbond substituents is 1. The quantitative estimate of drug-likeness (QED) is 0.706. The number of hydrogen-bond donors (Lipinski definition) is 1. The van der Waals surface area contributed by atoms with E-state index in [1.807, 2.05) is 17.0 Å². The lowest BCUT2D eigenvalue weighted by atomic mass is 10.2. The van der Waals surface area contributed by atoms with Gasteiger partial charge >= 0.3 is 0 Å². The first kappa shape index (κ1) is 21.6. The minimum Gasteiger partial charge on any atom is -0.508 e. The molecule has 8 nitrogen and oxygen atoms in total. The van der Waals surface area contributed by atoms with Gasteiger partial charge in [0, 0.05) is 44.9 Å². The van der Waals surface area contributed by atoms with Gasteiger partial charge in [-0.25, -0.2) is 0 Å². The van der Waals surface area contributed by atoms with Crippen LogP contribution >= 0.6 is 0 Å². The van der Waals surface area contributed by atoms with Gasteiger partial charge in [0.15, 0.2) is 18.1 Å². The predicted octanol–water partition coefficient (Wildman–Crippen LogP) is 2.14. The molecule has 2 aromatic carbocycles. The Morgan fingerprint density at radius 2 is 1.53 bits per heavy atom. The second kappa shape index (κ2) is 10.1. The number of aromatic hydroxyl groups is 1. The van der Waals surface area contributed by atoms with Crippen molar-refractivity contribution in [3.8, 4) is 28.7 Å². The fourth-order valence-electron chi connectivity index (χ4n) is 3.39. The summed E-state index contributed by atoms with van der Waals surface area (Å²) < 4.78 is 21.6. The Bertz CT molecular complexity index is 822. The molecule has 1 saturated heterocycles. The minimum atomic E-state index is -0.0620. The highest BCUT2D eigenvalue weighted by Gasteiger charge is 2.22. The number of amides is 1. The van der Waals surface area contributed by atoms with Gasteiger partial charge in [0.05, 0.1) is 21.3 Å². The van der Waals surface area contributed by atoms with Gasteiger partial charge in [0.1, 0.15) is 11.5 Å². The molecule has 0 atom stereocenters. The van der Waals surface area contributed by atoms with Crippen molar-refractivity contribution in [1.82, 2.24) is 9.80 Å². The van der Waals surface area contributed by atoms with Gasteiger partial charge in [-0.05, 0) is 17.7 Å². The average molecular weight is 416 g/mol. The Labute approximate surface area is 176 Å². The van der Waals surface area contributed by atoms with Crippen LogP contribution in [-0.2, 0) is 11.3 Å². The van der Waals surface area contributed by atoms with Crippen LogP contribution in [0.3, 0.4) is 0 Å². The summed E-state index contributed by atoms with van der Waals surface area (Å²) in [4.78, 5) is 16.7. The molecule has 0 bridgehead atoms. The second-order valence-corrected chi connectivity index (χ2v) is 6.97. The van der Waals surface area contributed by atoms with E-state index < -0.39 is 0 Å². The zero-order chi connectivity index (χ0) is 21.5. The van der Waals surface area contributed by atoms with Crippen molar-refractivity contribution >= 4 is 5.91 Å². The summed E-state index contributed by atoms with van der Waals surface area (Å²) in [6.45, 7) is 3.61. The Hall–Kier alpha value is -3.13. The highest BCUT2D eigenvalue weighted by atomic mass is 16.5. The number of hydrogen-bond acceptors (Lipinski definition) is 7. The first-order chi connectivity index (χ1) is 14.5. The largest absolute Gasteiger partial charge is 0.508 e. The molecule has 1 aliphatic heterocycles. The van der Waals surface area contributed by atoms with Crippen molar-refractivity contribution in [1.29, 1.82) is 0 Å². The van der Waals surface area contributed by atoms with Crippen LogP contribution in [0.2, 0.25) is 0 Å². The van der Waals surface area contributed by atoms with Crippen LogP contribution in [0.1, 0.15) is 5.56 Å². The molecule has 0 saturated carbocycles. The number of carbonyl (C=O) groups excluding carboxylic acids is 1. The Kier molecular flexibility index (Phi) is 7.24. The number of phenols is 1. The molecule has 8 heteroatoms. The zero-order valence-corrected chi connectivity index (χ0v) is 17.6. The molecule has 1 heterocycles. The third-order valence-corrected chi connectivity index (χ3v) is 5.07. The summed E-state index contributed by atoms with van der Waals surface area (Å²) in [6.07, 6.45) is 0. The average Bonchev–Trinajstić information content (AvgIpc) is 2.78. The minimum absolute atomic E-state index is 0.0589. The standard InChI is InChI=1S/C22H28N2O6/c1-27-19-12-18(13-20(28-2)22(19)29-3)30-15-21(26)24-10-8-23(9-11-24)14-16-4-6-17(25)7-5-16/h4-7,12-13,25H,8-11,14-15H2,1-3H3. The molecule has 3 rings (SSSR count). The van der Waals surface area contributed by atoms with E-state index >= 15 is 0 Å². The van der Waals surface area contributed by atoms with Crippen molar-refractivity contribution in [2.24, 2.45) is 0 Å². The van der Waals surface area contributed by atoms with Crippen LogP contribution in [0.25, 0.3) is 0 Å². The fraction of sp³-hybridized carbons (Fsp3) is 0.409. The lowest BCUT2D eigenvalue weighted by Gasteiger charge is -2.34. The molecular formula is C22H28N2O6. The Balaban J connectivity index is 1.51. The van der Waals surface area contributed by atoms with Crippen molar-refractivity contribution < 1.29 is 28.8 Å². The van der Waals surface area contributed by atoms with Gasteiger partial charge in [-0.3, -0.25) is 9.69 Å². The highest BCUT2D eigenvalue weighted by molar-refractivity contribution is 5.78. The van der Waals surface area contributed by atoms with E-state index in [4.69, 9.17) is 18.9 Å². The first-order valence-electron chi connectivity index (χ1n) is 9.75. The topological polar surface area (TPSA) is 80.7 Å². The van der Waals surface area contributed by atoms with Gasteiger partial charge in [-0.15, -0.1) is 0 Å². The van der Waals surface area contributed by atoms with Crippen molar-refractivity contribution in [2.45, 2.75) is 6.54 Å². The summed E-state index contributed by atoms with van der Waals surface area (Å²) in [7, 11) is 4.60. The van der Waals surface area contributed by atoms with E-state index in [2.05, 4.69) is 4.90 Å². The molecular weight excluding hydrogens is 388 g/mol. The molecule has 0 spiro atoms. The van der Waals surface area contributed by atoms with Crippen LogP contribution in [0.15, 0.2) is 36.4 Å². The highest BCUT2D eigenvalue weighted by Crippen LogP contribution is 2.40. The van der Waals surface area contributed by atoms with Gasteiger partial charge in [-0.2, -0.15) is 0 Å². The molecule has 0 unspecified atom stereocenters. The molecule has 0 aliphatic carbocycles. The Morgan fingerprint density at radius 1 is 0.933 bits per heavy atom. The van der Waals surface area contributed by atoms with E-state index in [1.54, 1.807) is 24.3 Å². The van der Waals surface area contributed by atoms with Crippen LogP contribution in [0.5, 0.6) is 28.7 Å². The zero-order valence-electron chi connectivity index (χ0n) is 17.6. The number of benzene rings is 2. The van der Waals surface area contributed by atoms with Crippen molar-refractivity contribution in [2.75, 3.05) is 54.1 Å². The van der Waals surface area contributed by atoms with Crippen LogP contribution < -0.4 is 18.9 Å². The van der Waals surface area contributed by atoms with E-state index in [0.717, 1.165) is 25.2 Å². The summed E-state index contributed by atoms with van der Waals surface area (Å²) in [6, 6.07) is 10.6. The van der Waals surface area contributed by atoms with E-state index in [1.165, 1.54) is 21.3 Å². The fourth-order valence-corrected chi connectivity index (χ4v) is 3.39. The van der Waals surface area contributed by atoms with Gasteiger partial charge < -0.3 is 29.0 Å². The van der Waals surface area contributed by atoms with Crippen molar-refractivity contribution in [3.63, 3.8) is 0 Å². The number of carbonyl (C=O) groups is 1. The van der Waals surface area contributed by atoms with Gasteiger partial charge in [-0.1, -0.05) is 12.1 Å². The summed E-state index contributed by atoms with van der Waals surface area (Å²) in [5, 5.41) is 9.39. The maximum atomic E-state index is 12.6. The van der Waals surface area contributed by atoms with Crippen molar-refractivity contribution in [3.05, 3.63) is 42.0 Å². The maximum Gasteiger partial charge on any atom is 0.260 e. The molecule has 2 aromatic rings. The summed E-state index contributed by atoms with van der Waals surface area (Å²) in [5.41, 5.74) is 1.14. The summed E-state index contributed by atoms with van der Waals surface area (Å²) >= 11 is 0. The third-order valence-electron chi connectivity index (χ3n) is 5.07. The molecule has 30 heavy (non-hydrogen) atoms. The van der Waals surface area contributed by atoms with Crippen LogP contribution in [0, 0.1) is 0 Å². The van der Waals surface area contributed by atoms with E-state index in [9.17, 15) is 9.90 Å². The van der Waals surface area contributed by atoms with E-state index in [-0.39, 0.29) is 18.3 Å². The molecule has 1 fully saturated rings. The lowest BCUT2D eigenvalue weighted by molar-refractivity contribution is -0.135. The molecule has 1 N–H and O–H groups in total. The van der Waals surface area contributed by atoms with E-state index in [0.29, 0.717) is 36.1 Å². The number of rotatable bonds is 8. The Morgan fingerprint density at radius 3 is 2.07 bits per heavy atom. The SMILES string of the molecule is COc1cc(OCC(=O)N2CCN(Cc3ccc(O)cc3)CC2)cc(OC)c1OC. The van der Waals surface area contributed by atoms with Crippen LogP contribution in [0.4, 0.5) is 0 Å². The first-order valence-corrected chi connectivity index (χ1v) is 9.75. The second-order valence-electron chi connectivity index (χ2n) is 6.97. The number of methoxy groups -OCH3 is 3. The van der Waals surface area contributed by atoms with Crippen LogP contribution in [-0.4, -0.2) is 74.9 Å². The molecule has 162 valence electrons. The third kappa shape index (κ3) is 5.27.